The van der Waals surface area contributed by atoms with Crippen LogP contribution < -0.4 is 4.90 Å². The Morgan fingerprint density at radius 1 is 1.14 bits per heavy atom. The second kappa shape index (κ2) is 7.57. The Morgan fingerprint density at radius 3 is 2.72 bits per heavy atom. The molecule has 6 nitrogen and oxygen atoms in total. The zero-order valence-corrected chi connectivity index (χ0v) is 16.8. The molecule has 0 spiro atoms. The van der Waals surface area contributed by atoms with E-state index >= 15 is 0 Å². The summed E-state index contributed by atoms with van der Waals surface area (Å²) in [6, 6.07) is 15.5. The number of quaternary nitrogens is 1. The first-order chi connectivity index (χ1) is 14.2. The van der Waals surface area contributed by atoms with E-state index in [0.29, 0.717) is 5.56 Å². The van der Waals surface area contributed by atoms with Crippen molar-refractivity contribution in [1.29, 1.82) is 0 Å². The highest BCUT2D eigenvalue weighted by Gasteiger charge is 2.34. The summed E-state index contributed by atoms with van der Waals surface area (Å²) in [6.45, 7) is 4.16. The van der Waals surface area contributed by atoms with Gasteiger partial charge in [-0.05, 0) is 18.2 Å². The van der Waals surface area contributed by atoms with Crippen LogP contribution >= 0.6 is 11.3 Å². The number of amides is 1. The quantitative estimate of drug-likeness (QED) is 0.669. The maximum absolute atomic E-state index is 12.8. The minimum atomic E-state index is -0.459. The fourth-order valence-corrected chi connectivity index (χ4v) is 5.16. The molecule has 0 saturated carbocycles. The zero-order valence-electron chi connectivity index (χ0n) is 16.0. The highest BCUT2D eigenvalue weighted by atomic mass is 32.1. The van der Waals surface area contributed by atoms with Gasteiger partial charge in [0, 0.05) is 5.56 Å². The molecule has 0 aliphatic carbocycles. The Hall–Kier alpha value is -2.77. The third kappa shape index (κ3) is 3.63. The average Bonchev–Trinajstić information content (AvgIpc) is 3.29. The Bertz CT molecular complexity index is 1040. The fourth-order valence-electron chi connectivity index (χ4n) is 4.12. The standard InChI is InChI=1S/C22H21N3O3S/c26-21(13-18-15-5-1-2-6-16(15)22(27)28-18)25-11-9-24(10-12-25)14-20-23-17-7-3-4-8-19(17)29-20/h1-8,18H,9-14H2/p+1/t18-/m0/s1. The van der Waals surface area contributed by atoms with Crippen molar-refractivity contribution in [3.63, 3.8) is 0 Å². The van der Waals surface area contributed by atoms with Gasteiger partial charge in [-0.15, -0.1) is 11.3 Å². The van der Waals surface area contributed by atoms with Crippen LogP contribution in [0.1, 0.15) is 33.5 Å². The summed E-state index contributed by atoms with van der Waals surface area (Å²) >= 11 is 1.75. The summed E-state index contributed by atoms with van der Waals surface area (Å²) < 4.78 is 6.65. The van der Waals surface area contributed by atoms with E-state index in [1.165, 1.54) is 9.60 Å². The number of fused-ring (bicyclic) bond motifs is 2. The predicted octanol–water partition coefficient (Wildman–Crippen LogP) is 1.83. The zero-order chi connectivity index (χ0) is 19.8. The SMILES string of the molecule is O=C1O[C@@H](CC(=O)N2CC[NH+](Cc3nc4ccccc4s3)CC2)c2ccccc21. The molecule has 1 saturated heterocycles. The molecule has 0 bridgehead atoms. The Morgan fingerprint density at radius 2 is 1.90 bits per heavy atom. The van der Waals surface area contributed by atoms with Gasteiger partial charge in [-0.25, -0.2) is 9.78 Å². The highest BCUT2D eigenvalue weighted by Crippen LogP contribution is 2.33. The van der Waals surface area contributed by atoms with Crippen LogP contribution in [-0.2, 0) is 16.1 Å². The molecule has 0 radical (unpaired) electrons. The van der Waals surface area contributed by atoms with Crippen LogP contribution in [0.5, 0.6) is 0 Å². The van der Waals surface area contributed by atoms with Crippen molar-refractivity contribution >= 4 is 33.4 Å². The third-order valence-corrected chi connectivity index (χ3v) is 6.74. The summed E-state index contributed by atoms with van der Waals surface area (Å²) in [7, 11) is 0. The number of ether oxygens (including phenoxy) is 1. The summed E-state index contributed by atoms with van der Waals surface area (Å²) in [6.07, 6.45) is -0.241. The van der Waals surface area contributed by atoms with Gasteiger partial charge in [0.25, 0.3) is 0 Å². The number of nitrogens with zero attached hydrogens (tertiary/aromatic N) is 2. The van der Waals surface area contributed by atoms with E-state index < -0.39 is 6.10 Å². The number of cyclic esters (lactones) is 1. The average molecular weight is 409 g/mol. The van der Waals surface area contributed by atoms with Gasteiger partial charge in [-0.1, -0.05) is 30.3 Å². The van der Waals surface area contributed by atoms with E-state index in [0.717, 1.165) is 48.8 Å². The van der Waals surface area contributed by atoms with Crippen molar-refractivity contribution in [1.82, 2.24) is 9.88 Å². The van der Waals surface area contributed by atoms with Crippen molar-refractivity contribution in [2.45, 2.75) is 19.1 Å². The van der Waals surface area contributed by atoms with Gasteiger partial charge in [0.1, 0.15) is 17.7 Å². The Kier molecular flexibility index (Phi) is 4.77. The van der Waals surface area contributed by atoms with Crippen molar-refractivity contribution in [3.8, 4) is 0 Å². The van der Waals surface area contributed by atoms with Crippen LogP contribution in [0.15, 0.2) is 48.5 Å². The molecular formula is C22H22N3O3S+. The molecule has 3 aromatic rings. The predicted molar refractivity (Wildman–Crippen MR) is 110 cm³/mol. The second-order valence-corrected chi connectivity index (χ2v) is 8.68. The molecule has 29 heavy (non-hydrogen) atoms. The van der Waals surface area contributed by atoms with E-state index in [4.69, 9.17) is 9.72 Å². The third-order valence-electron chi connectivity index (χ3n) is 5.70. The molecule has 5 rings (SSSR count). The molecule has 148 valence electrons. The second-order valence-electron chi connectivity index (χ2n) is 7.57. The summed E-state index contributed by atoms with van der Waals surface area (Å²) in [4.78, 5) is 32.8. The van der Waals surface area contributed by atoms with Crippen LogP contribution in [0, 0.1) is 0 Å². The number of carbonyl (C=O) groups is 2. The summed E-state index contributed by atoms with van der Waals surface area (Å²) in [5, 5.41) is 1.15. The highest BCUT2D eigenvalue weighted by molar-refractivity contribution is 7.18. The number of rotatable bonds is 4. The van der Waals surface area contributed by atoms with Gasteiger partial charge in [0.2, 0.25) is 5.91 Å². The largest absolute Gasteiger partial charge is 0.453 e. The number of nitrogens with one attached hydrogen (secondary N) is 1. The van der Waals surface area contributed by atoms with Gasteiger partial charge >= 0.3 is 5.97 Å². The topological polar surface area (TPSA) is 63.9 Å². The number of hydrogen-bond acceptors (Lipinski definition) is 5. The van der Waals surface area contributed by atoms with Gasteiger partial charge in [-0.2, -0.15) is 0 Å². The minimum Gasteiger partial charge on any atom is -0.453 e. The summed E-state index contributed by atoms with van der Waals surface area (Å²) in [5.74, 6) is -0.276. The lowest BCUT2D eigenvalue weighted by Crippen LogP contribution is -3.13. The van der Waals surface area contributed by atoms with Crippen LogP contribution in [0.3, 0.4) is 0 Å². The normalized spacial score (nSPS) is 19.4. The van der Waals surface area contributed by atoms with Gasteiger partial charge in [0.05, 0.1) is 48.4 Å². The Labute approximate surface area is 172 Å². The number of para-hydroxylation sites is 1. The smallest absolute Gasteiger partial charge is 0.339 e. The molecule has 2 aliphatic rings. The van der Waals surface area contributed by atoms with Gasteiger partial charge in [0.15, 0.2) is 0 Å². The molecule has 1 atom stereocenters. The first-order valence-corrected chi connectivity index (χ1v) is 10.7. The number of hydrogen-bond donors (Lipinski definition) is 1. The number of aromatic nitrogens is 1. The number of piperazine rings is 1. The maximum Gasteiger partial charge on any atom is 0.339 e. The fraction of sp³-hybridized carbons (Fsp3) is 0.318. The lowest BCUT2D eigenvalue weighted by Gasteiger charge is -2.32. The number of esters is 1. The number of benzene rings is 2. The molecule has 1 N–H and O–H groups in total. The van der Waals surface area contributed by atoms with Crippen LogP contribution in [0.25, 0.3) is 10.2 Å². The van der Waals surface area contributed by atoms with Crippen molar-refractivity contribution < 1.29 is 19.2 Å². The van der Waals surface area contributed by atoms with E-state index in [2.05, 4.69) is 12.1 Å². The van der Waals surface area contributed by atoms with Gasteiger partial charge < -0.3 is 14.5 Å². The molecule has 0 unspecified atom stereocenters. The molecular weight excluding hydrogens is 386 g/mol. The lowest BCUT2D eigenvalue weighted by molar-refractivity contribution is -0.917. The molecule has 1 aromatic heterocycles. The van der Waals surface area contributed by atoms with E-state index in [9.17, 15) is 9.59 Å². The van der Waals surface area contributed by atoms with E-state index in [1.807, 2.05) is 35.2 Å². The van der Waals surface area contributed by atoms with Crippen molar-refractivity contribution in [3.05, 3.63) is 64.7 Å². The van der Waals surface area contributed by atoms with Gasteiger partial charge in [-0.3, -0.25) is 4.79 Å². The van der Waals surface area contributed by atoms with Crippen LogP contribution in [0.2, 0.25) is 0 Å². The first-order valence-electron chi connectivity index (χ1n) is 9.93. The Balaban J connectivity index is 1.17. The number of carbonyl (C=O) groups excluding carboxylic acids is 2. The molecule has 2 aliphatic heterocycles. The van der Waals surface area contributed by atoms with Crippen molar-refractivity contribution in [2.75, 3.05) is 26.2 Å². The molecule has 3 heterocycles. The molecule has 1 fully saturated rings. The molecule has 7 heteroatoms. The van der Waals surface area contributed by atoms with Crippen molar-refractivity contribution in [2.24, 2.45) is 0 Å². The molecule has 1 amide bonds. The van der Waals surface area contributed by atoms with Crippen LogP contribution in [0.4, 0.5) is 0 Å². The summed E-state index contributed by atoms with van der Waals surface area (Å²) in [5.41, 5.74) is 2.47. The first kappa shape index (κ1) is 18.3. The minimum absolute atomic E-state index is 0.0542. The number of thiazole rings is 1. The van der Waals surface area contributed by atoms with E-state index in [1.54, 1.807) is 17.4 Å². The van der Waals surface area contributed by atoms with Crippen LogP contribution in [-0.4, -0.2) is 47.9 Å². The van der Waals surface area contributed by atoms with E-state index in [-0.39, 0.29) is 18.3 Å². The monoisotopic (exact) mass is 408 g/mol. The maximum atomic E-state index is 12.8. The lowest BCUT2D eigenvalue weighted by atomic mass is 10.0. The molecule has 2 aromatic carbocycles.